The number of rotatable bonds is 8. The van der Waals surface area contributed by atoms with Crippen molar-refractivity contribution in [1.29, 1.82) is 0 Å². The van der Waals surface area contributed by atoms with E-state index in [1.807, 2.05) is 7.05 Å². The number of hydrogen-bond acceptors (Lipinski definition) is 3. The van der Waals surface area contributed by atoms with Crippen LogP contribution in [0.1, 0.15) is 50.7 Å². The van der Waals surface area contributed by atoms with Crippen molar-refractivity contribution >= 4 is 17.0 Å². The molecule has 2 heterocycles. The Bertz CT molecular complexity index is 668. The molecule has 1 aliphatic rings. The van der Waals surface area contributed by atoms with Gasteiger partial charge in [0.1, 0.15) is 0 Å². The summed E-state index contributed by atoms with van der Waals surface area (Å²) in [6, 6.07) is 4.69. The molecule has 24 heavy (non-hydrogen) atoms. The van der Waals surface area contributed by atoms with Gasteiger partial charge in [-0.1, -0.05) is 6.92 Å². The summed E-state index contributed by atoms with van der Waals surface area (Å²) in [4.78, 5) is 7.39. The molecule has 0 unspecified atom stereocenters. The van der Waals surface area contributed by atoms with E-state index in [9.17, 15) is 0 Å². The quantitative estimate of drug-likeness (QED) is 0.741. The molecule has 1 N–H and O–H groups in total. The van der Waals surface area contributed by atoms with Crippen molar-refractivity contribution in [3.8, 4) is 0 Å². The maximum atomic E-state index is 4.77. The van der Waals surface area contributed by atoms with Gasteiger partial charge >= 0.3 is 0 Å². The van der Waals surface area contributed by atoms with Gasteiger partial charge in [0.2, 0.25) is 5.95 Å². The first-order valence-corrected chi connectivity index (χ1v) is 9.69. The van der Waals surface area contributed by atoms with Gasteiger partial charge in [0, 0.05) is 13.6 Å². The molecule has 0 saturated carbocycles. The van der Waals surface area contributed by atoms with Crippen LogP contribution in [0.3, 0.4) is 0 Å². The van der Waals surface area contributed by atoms with E-state index in [-0.39, 0.29) is 0 Å². The lowest BCUT2D eigenvalue weighted by Crippen LogP contribution is -2.20. The standard InChI is InChI=1S/C20H32N4/c1-4-16-15-19-18(22-20(21-3)24(19)5-2)14-17(16)10-6-7-11-23-12-8-9-13-23/h14-15H,4-13H2,1-3H3,(H,21,22). The number of hydrogen-bond donors (Lipinski definition) is 1. The van der Waals surface area contributed by atoms with E-state index in [4.69, 9.17) is 4.98 Å². The molecular formula is C20H32N4. The second-order valence-electron chi connectivity index (χ2n) is 6.90. The molecular weight excluding hydrogens is 296 g/mol. The van der Waals surface area contributed by atoms with Gasteiger partial charge in [-0.05, 0) is 88.3 Å². The lowest BCUT2D eigenvalue weighted by molar-refractivity contribution is 0.330. The minimum atomic E-state index is 0.949. The fraction of sp³-hybridized carbons (Fsp3) is 0.650. The Morgan fingerprint density at radius 3 is 2.54 bits per heavy atom. The Balaban J connectivity index is 1.71. The van der Waals surface area contributed by atoms with Crippen molar-refractivity contribution < 1.29 is 0 Å². The first-order chi connectivity index (χ1) is 11.8. The number of imidazole rings is 1. The van der Waals surface area contributed by atoms with Crippen molar-refractivity contribution in [1.82, 2.24) is 14.5 Å². The zero-order chi connectivity index (χ0) is 16.9. The van der Waals surface area contributed by atoms with Gasteiger partial charge in [-0.2, -0.15) is 0 Å². The Morgan fingerprint density at radius 1 is 1.08 bits per heavy atom. The number of likely N-dealkylation sites (tertiary alicyclic amines) is 1. The molecule has 3 rings (SSSR count). The molecule has 4 nitrogen and oxygen atoms in total. The third-order valence-corrected chi connectivity index (χ3v) is 5.36. The summed E-state index contributed by atoms with van der Waals surface area (Å²) in [5, 5.41) is 3.22. The minimum Gasteiger partial charge on any atom is -0.359 e. The van der Waals surface area contributed by atoms with Crippen molar-refractivity contribution in [2.45, 2.75) is 58.9 Å². The highest BCUT2D eigenvalue weighted by Crippen LogP contribution is 2.25. The number of nitrogens with one attached hydrogen (secondary N) is 1. The Hall–Kier alpha value is -1.55. The van der Waals surface area contributed by atoms with Gasteiger partial charge < -0.3 is 14.8 Å². The van der Waals surface area contributed by atoms with Crippen LogP contribution in [-0.4, -0.2) is 41.1 Å². The van der Waals surface area contributed by atoms with E-state index in [0.717, 1.165) is 24.4 Å². The van der Waals surface area contributed by atoms with Crippen molar-refractivity contribution in [2.24, 2.45) is 0 Å². The highest BCUT2D eigenvalue weighted by Gasteiger charge is 2.13. The van der Waals surface area contributed by atoms with Gasteiger partial charge in [0.15, 0.2) is 0 Å². The lowest BCUT2D eigenvalue weighted by atomic mass is 9.99. The molecule has 0 amide bonds. The molecule has 1 fully saturated rings. The molecule has 4 heteroatoms. The van der Waals surface area contributed by atoms with E-state index in [1.54, 1.807) is 0 Å². The maximum absolute atomic E-state index is 4.77. The topological polar surface area (TPSA) is 33.1 Å². The van der Waals surface area contributed by atoms with Crippen LogP contribution in [0, 0.1) is 0 Å². The average molecular weight is 329 g/mol. The van der Waals surface area contributed by atoms with Crippen LogP contribution >= 0.6 is 0 Å². The maximum Gasteiger partial charge on any atom is 0.203 e. The van der Waals surface area contributed by atoms with E-state index >= 15 is 0 Å². The molecule has 132 valence electrons. The molecule has 0 aliphatic carbocycles. The van der Waals surface area contributed by atoms with Gasteiger partial charge in [0.05, 0.1) is 11.0 Å². The van der Waals surface area contributed by atoms with E-state index < -0.39 is 0 Å². The predicted molar refractivity (Wildman–Crippen MR) is 103 cm³/mol. The fourth-order valence-corrected chi connectivity index (χ4v) is 3.99. The van der Waals surface area contributed by atoms with Crippen LogP contribution in [0.4, 0.5) is 5.95 Å². The molecule has 2 aromatic rings. The minimum absolute atomic E-state index is 0.949. The zero-order valence-electron chi connectivity index (χ0n) is 15.6. The van der Waals surface area contributed by atoms with Crippen LogP contribution in [0.25, 0.3) is 11.0 Å². The van der Waals surface area contributed by atoms with Crippen molar-refractivity contribution in [2.75, 3.05) is 32.0 Å². The largest absolute Gasteiger partial charge is 0.359 e. The highest BCUT2D eigenvalue weighted by molar-refractivity contribution is 5.80. The predicted octanol–water partition coefficient (Wildman–Crippen LogP) is 4.08. The number of nitrogens with zero attached hydrogens (tertiary/aromatic N) is 3. The molecule has 1 saturated heterocycles. The van der Waals surface area contributed by atoms with Crippen LogP contribution in [0.5, 0.6) is 0 Å². The summed E-state index contributed by atoms with van der Waals surface area (Å²) in [7, 11) is 1.95. The number of aryl methyl sites for hydroxylation is 3. The normalized spacial score (nSPS) is 15.5. The SMILES string of the molecule is CCc1cc2c(cc1CCCCN1CCCC1)nc(NC)n2CC. The first-order valence-electron chi connectivity index (χ1n) is 9.69. The van der Waals surface area contributed by atoms with Gasteiger partial charge in [-0.25, -0.2) is 4.98 Å². The van der Waals surface area contributed by atoms with Crippen molar-refractivity contribution in [3.05, 3.63) is 23.3 Å². The van der Waals surface area contributed by atoms with Gasteiger partial charge in [-0.3, -0.25) is 0 Å². The Labute approximate surface area is 146 Å². The summed E-state index contributed by atoms with van der Waals surface area (Å²) in [5.41, 5.74) is 5.38. The molecule has 0 radical (unpaired) electrons. The van der Waals surface area contributed by atoms with Crippen molar-refractivity contribution in [3.63, 3.8) is 0 Å². The highest BCUT2D eigenvalue weighted by atomic mass is 15.2. The number of anilines is 1. The summed E-state index contributed by atoms with van der Waals surface area (Å²) >= 11 is 0. The molecule has 0 atom stereocenters. The number of fused-ring (bicyclic) bond motifs is 1. The van der Waals surface area contributed by atoms with Crippen LogP contribution in [0.15, 0.2) is 12.1 Å². The molecule has 1 aromatic carbocycles. The summed E-state index contributed by atoms with van der Waals surface area (Å²) in [6.45, 7) is 9.30. The zero-order valence-corrected chi connectivity index (χ0v) is 15.6. The van der Waals surface area contributed by atoms with E-state index in [1.165, 1.54) is 68.4 Å². The number of unbranched alkanes of at least 4 members (excludes halogenated alkanes) is 1. The van der Waals surface area contributed by atoms with Crippen LogP contribution < -0.4 is 5.32 Å². The lowest BCUT2D eigenvalue weighted by Gasteiger charge is -2.14. The number of benzene rings is 1. The van der Waals surface area contributed by atoms with Crippen LogP contribution in [0.2, 0.25) is 0 Å². The average Bonchev–Trinajstić information content (AvgIpc) is 3.24. The fourth-order valence-electron chi connectivity index (χ4n) is 3.99. The Kier molecular flexibility index (Phi) is 5.77. The van der Waals surface area contributed by atoms with E-state index in [0.29, 0.717) is 0 Å². The molecule has 1 aromatic heterocycles. The third-order valence-electron chi connectivity index (χ3n) is 5.36. The molecule has 1 aliphatic heterocycles. The second-order valence-corrected chi connectivity index (χ2v) is 6.90. The third kappa shape index (κ3) is 3.59. The van der Waals surface area contributed by atoms with Gasteiger partial charge in [-0.15, -0.1) is 0 Å². The smallest absolute Gasteiger partial charge is 0.203 e. The summed E-state index contributed by atoms with van der Waals surface area (Å²) in [5.74, 6) is 0.973. The van der Waals surface area contributed by atoms with Crippen LogP contribution in [-0.2, 0) is 19.4 Å². The van der Waals surface area contributed by atoms with E-state index in [2.05, 4.69) is 40.8 Å². The summed E-state index contributed by atoms with van der Waals surface area (Å²) < 4.78 is 2.27. The second kappa shape index (κ2) is 8.02. The summed E-state index contributed by atoms with van der Waals surface area (Å²) in [6.07, 6.45) is 7.66. The molecule has 0 bridgehead atoms. The monoisotopic (exact) mass is 328 g/mol. The number of aromatic nitrogens is 2. The van der Waals surface area contributed by atoms with Gasteiger partial charge in [0.25, 0.3) is 0 Å². The molecule has 0 spiro atoms. The Morgan fingerprint density at radius 2 is 1.88 bits per heavy atom. The first kappa shape index (κ1) is 17.3.